The lowest BCUT2D eigenvalue weighted by Gasteiger charge is -2.20. The number of primary amides is 1. The lowest BCUT2D eigenvalue weighted by molar-refractivity contribution is -0.134. The van der Waals surface area contributed by atoms with Crippen LogP contribution in [0.15, 0.2) is 24.3 Å². The molecule has 0 bridgehead atoms. The second-order valence-corrected chi connectivity index (χ2v) is 5.06. The third-order valence-electron chi connectivity index (χ3n) is 3.12. The Morgan fingerprint density at radius 1 is 1.08 bits per heavy atom. The average molecular weight is 358 g/mol. The van der Waals surface area contributed by atoms with Gasteiger partial charge in [0.15, 0.2) is 13.2 Å². The normalized spacial score (nSPS) is 9.46. The number of benzene rings is 1. The van der Waals surface area contributed by atoms with Crippen LogP contribution < -0.4 is 10.5 Å². The standard InChI is InChI=1S/C17H18N4O5/c18-6-2-8-21(9-3-7-19)16(23)12-26-17(24)13-4-1-5-14(10-13)25-11-15(20)22/h1,4-5,10H,2-3,8-9,11-12H2,(H2,20,22). The molecule has 26 heavy (non-hydrogen) atoms. The van der Waals surface area contributed by atoms with Crippen LogP contribution in [0, 0.1) is 22.7 Å². The van der Waals surface area contributed by atoms with Gasteiger partial charge in [0.25, 0.3) is 11.8 Å². The van der Waals surface area contributed by atoms with E-state index in [0.29, 0.717) is 0 Å². The van der Waals surface area contributed by atoms with Gasteiger partial charge in [-0.15, -0.1) is 0 Å². The zero-order chi connectivity index (χ0) is 19.4. The summed E-state index contributed by atoms with van der Waals surface area (Å²) >= 11 is 0. The van der Waals surface area contributed by atoms with E-state index in [4.69, 9.17) is 25.7 Å². The number of carbonyl (C=O) groups excluding carboxylic acids is 3. The minimum Gasteiger partial charge on any atom is -0.484 e. The minimum atomic E-state index is -0.747. The van der Waals surface area contributed by atoms with Crippen LogP contribution in [-0.2, 0) is 14.3 Å². The van der Waals surface area contributed by atoms with Crippen molar-refractivity contribution < 1.29 is 23.9 Å². The van der Waals surface area contributed by atoms with Crippen molar-refractivity contribution in [2.75, 3.05) is 26.3 Å². The molecule has 9 heteroatoms. The third-order valence-corrected chi connectivity index (χ3v) is 3.12. The highest BCUT2D eigenvalue weighted by Gasteiger charge is 2.16. The predicted molar refractivity (Wildman–Crippen MR) is 88.5 cm³/mol. The van der Waals surface area contributed by atoms with Gasteiger partial charge in [0.05, 0.1) is 30.5 Å². The van der Waals surface area contributed by atoms with Crippen molar-refractivity contribution in [2.45, 2.75) is 12.8 Å². The quantitative estimate of drug-likeness (QED) is 0.594. The number of carbonyl (C=O) groups is 3. The maximum Gasteiger partial charge on any atom is 0.338 e. The molecule has 1 aromatic carbocycles. The molecule has 0 atom stereocenters. The van der Waals surface area contributed by atoms with Crippen LogP contribution in [-0.4, -0.2) is 49.0 Å². The molecule has 1 rings (SSSR count). The maximum absolute atomic E-state index is 12.1. The zero-order valence-electron chi connectivity index (χ0n) is 14.0. The molecule has 0 aliphatic carbocycles. The van der Waals surface area contributed by atoms with E-state index in [0.717, 1.165) is 0 Å². The molecule has 0 aliphatic heterocycles. The summed E-state index contributed by atoms with van der Waals surface area (Å²) in [4.78, 5) is 36.1. The fraction of sp³-hybridized carbons (Fsp3) is 0.353. The Morgan fingerprint density at radius 3 is 2.31 bits per heavy atom. The van der Waals surface area contributed by atoms with Gasteiger partial charge in [0.2, 0.25) is 0 Å². The number of amides is 2. The SMILES string of the molecule is N#CCCN(CCC#N)C(=O)COC(=O)c1cccc(OCC(N)=O)c1. The van der Waals surface area contributed by atoms with Crippen LogP contribution in [0.4, 0.5) is 0 Å². The number of nitriles is 2. The van der Waals surface area contributed by atoms with E-state index in [1.54, 1.807) is 0 Å². The summed E-state index contributed by atoms with van der Waals surface area (Å²) in [6.45, 7) is -0.526. The van der Waals surface area contributed by atoms with Gasteiger partial charge in [-0.2, -0.15) is 10.5 Å². The average Bonchev–Trinajstić information content (AvgIpc) is 2.64. The summed E-state index contributed by atoms with van der Waals surface area (Å²) in [7, 11) is 0. The fourth-order valence-electron chi connectivity index (χ4n) is 1.90. The van der Waals surface area contributed by atoms with Crippen molar-refractivity contribution in [3.05, 3.63) is 29.8 Å². The van der Waals surface area contributed by atoms with Crippen LogP contribution in [0.2, 0.25) is 0 Å². The van der Waals surface area contributed by atoms with Gasteiger partial charge >= 0.3 is 5.97 Å². The Morgan fingerprint density at radius 2 is 1.73 bits per heavy atom. The number of ether oxygens (including phenoxy) is 2. The maximum atomic E-state index is 12.1. The highest BCUT2D eigenvalue weighted by atomic mass is 16.5. The van der Waals surface area contributed by atoms with Crippen molar-refractivity contribution in [3.63, 3.8) is 0 Å². The van der Waals surface area contributed by atoms with Crippen LogP contribution in [0.5, 0.6) is 5.75 Å². The molecule has 0 fully saturated rings. The van der Waals surface area contributed by atoms with Crippen molar-refractivity contribution >= 4 is 17.8 Å². The lowest BCUT2D eigenvalue weighted by Crippen LogP contribution is -2.36. The zero-order valence-corrected chi connectivity index (χ0v) is 14.0. The summed E-state index contributed by atoms with van der Waals surface area (Å²) in [6, 6.07) is 9.72. The third kappa shape index (κ3) is 7.32. The topological polar surface area (TPSA) is 147 Å². The van der Waals surface area contributed by atoms with Gasteiger partial charge in [-0.05, 0) is 18.2 Å². The summed E-state index contributed by atoms with van der Waals surface area (Å²) < 4.78 is 10.1. The molecular formula is C17H18N4O5. The number of nitrogens with zero attached hydrogens (tertiary/aromatic N) is 3. The Kier molecular flexibility index (Phi) is 8.69. The molecule has 2 N–H and O–H groups in total. The number of nitrogens with two attached hydrogens (primary N) is 1. The molecule has 0 saturated heterocycles. The molecule has 1 aromatic rings. The molecule has 0 unspecified atom stereocenters. The van der Waals surface area contributed by atoms with Crippen molar-refractivity contribution in [1.29, 1.82) is 10.5 Å². The molecule has 0 heterocycles. The van der Waals surface area contributed by atoms with E-state index in [1.807, 2.05) is 12.1 Å². The number of hydrogen-bond acceptors (Lipinski definition) is 7. The van der Waals surface area contributed by atoms with E-state index in [1.165, 1.54) is 29.2 Å². The van der Waals surface area contributed by atoms with Crippen LogP contribution >= 0.6 is 0 Å². The van der Waals surface area contributed by atoms with Crippen molar-refractivity contribution in [3.8, 4) is 17.9 Å². The number of esters is 1. The van der Waals surface area contributed by atoms with E-state index in [9.17, 15) is 14.4 Å². The Hall–Kier alpha value is -3.59. The molecule has 0 radical (unpaired) electrons. The van der Waals surface area contributed by atoms with E-state index >= 15 is 0 Å². The van der Waals surface area contributed by atoms with Gasteiger partial charge in [-0.3, -0.25) is 9.59 Å². The summed E-state index contributed by atoms with van der Waals surface area (Å²) in [5.74, 6) is -1.64. The van der Waals surface area contributed by atoms with Crippen LogP contribution in [0.25, 0.3) is 0 Å². The van der Waals surface area contributed by atoms with Crippen molar-refractivity contribution in [2.24, 2.45) is 5.73 Å². The van der Waals surface area contributed by atoms with Gasteiger partial charge in [0, 0.05) is 13.1 Å². The monoisotopic (exact) mass is 358 g/mol. The number of hydrogen-bond donors (Lipinski definition) is 1. The molecular weight excluding hydrogens is 340 g/mol. The van der Waals surface area contributed by atoms with Crippen LogP contribution in [0.1, 0.15) is 23.2 Å². The minimum absolute atomic E-state index is 0.115. The Balaban J connectivity index is 2.62. The smallest absolute Gasteiger partial charge is 0.338 e. The molecule has 2 amide bonds. The fourth-order valence-corrected chi connectivity index (χ4v) is 1.90. The first-order valence-electron chi connectivity index (χ1n) is 7.68. The van der Waals surface area contributed by atoms with Gasteiger partial charge < -0.3 is 20.1 Å². The molecule has 0 spiro atoms. The summed E-state index contributed by atoms with van der Waals surface area (Å²) in [5.41, 5.74) is 5.12. The first-order valence-corrected chi connectivity index (χ1v) is 7.68. The molecule has 0 saturated carbocycles. The van der Waals surface area contributed by atoms with Gasteiger partial charge in [-0.25, -0.2) is 4.79 Å². The second kappa shape index (κ2) is 11.0. The van der Waals surface area contributed by atoms with Crippen molar-refractivity contribution in [1.82, 2.24) is 4.90 Å². The summed E-state index contributed by atoms with van der Waals surface area (Å²) in [6.07, 6.45) is 0.231. The largest absolute Gasteiger partial charge is 0.484 e. The molecule has 0 aromatic heterocycles. The van der Waals surface area contributed by atoms with E-state index < -0.39 is 24.4 Å². The molecule has 136 valence electrons. The number of rotatable bonds is 10. The first-order chi connectivity index (χ1) is 12.5. The predicted octanol–water partition coefficient (Wildman–Crippen LogP) is 0.363. The Bertz CT molecular complexity index is 717. The van der Waals surface area contributed by atoms with E-state index in [-0.39, 0.29) is 43.9 Å². The Labute approximate surface area is 150 Å². The molecule has 9 nitrogen and oxygen atoms in total. The summed E-state index contributed by atoms with van der Waals surface area (Å²) in [5, 5.41) is 17.2. The first kappa shape index (κ1) is 20.5. The molecule has 0 aliphatic rings. The highest BCUT2D eigenvalue weighted by Crippen LogP contribution is 2.14. The van der Waals surface area contributed by atoms with E-state index in [2.05, 4.69) is 0 Å². The van der Waals surface area contributed by atoms with Gasteiger partial charge in [-0.1, -0.05) is 6.07 Å². The van der Waals surface area contributed by atoms with Crippen LogP contribution in [0.3, 0.4) is 0 Å². The second-order valence-electron chi connectivity index (χ2n) is 5.06. The lowest BCUT2D eigenvalue weighted by atomic mass is 10.2. The highest BCUT2D eigenvalue weighted by molar-refractivity contribution is 5.91. The van der Waals surface area contributed by atoms with Gasteiger partial charge in [0.1, 0.15) is 5.75 Å².